The van der Waals surface area contributed by atoms with E-state index in [1.807, 2.05) is 0 Å². The summed E-state index contributed by atoms with van der Waals surface area (Å²) in [5.41, 5.74) is 0.598. The average Bonchev–Trinajstić information content (AvgIpc) is 2.59. The minimum Gasteiger partial charge on any atom is -0.497 e. The lowest BCUT2D eigenvalue weighted by atomic mass is 10.2. The summed E-state index contributed by atoms with van der Waals surface area (Å²) in [6.07, 6.45) is 0. The quantitative estimate of drug-likeness (QED) is 0.823. The van der Waals surface area contributed by atoms with E-state index in [-0.39, 0.29) is 5.56 Å². The monoisotopic (exact) mass is 333 g/mol. The number of ether oxygens (including phenoxy) is 3. The Kier molecular flexibility index (Phi) is 5.73. The van der Waals surface area contributed by atoms with Crippen molar-refractivity contribution in [3.63, 3.8) is 0 Å². The molecule has 0 radical (unpaired) electrons. The standard InChI is InChI=1S/C17H16FNO5/c1-22-14-7-13(8-15(9-14)23-2)19-16(20)10-24-17(21)11-3-5-12(18)6-4-11/h3-9H,10H2,1-2H3,(H,19,20). The van der Waals surface area contributed by atoms with Gasteiger partial charge in [-0.15, -0.1) is 0 Å². The normalized spacial score (nSPS) is 9.96. The molecule has 24 heavy (non-hydrogen) atoms. The molecule has 0 saturated carbocycles. The van der Waals surface area contributed by atoms with Crippen LogP contribution in [-0.2, 0) is 9.53 Å². The number of carbonyl (C=O) groups excluding carboxylic acids is 2. The van der Waals surface area contributed by atoms with Gasteiger partial charge >= 0.3 is 5.97 Å². The zero-order chi connectivity index (χ0) is 17.5. The first-order valence-electron chi connectivity index (χ1n) is 6.97. The third-order valence-corrected chi connectivity index (χ3v) is 3.05. The van der Waals surface area contributed by atoms with E-state index >= 15 is 0 Å². The molecule has 1 amide bonds. The van der Waals surface area contributed by atoms with Gasteiger partial charge in [0.2, 0.25) is 0 Å². The summed E-state index contributed by atoms with van der Waals surface area (Å²) in [6.45, 7) is -0.476. The van der Waals surface area contributed by atoms with Gasteiger partial charge in [-0.3, -0.25) is 4.79 Å². The molecule has 0 aromatic heterocycles. The summed E-state index contributed by atoms with van der Waals surface area (Å²) in [4.78, 5) is 23.6. The largest absolute Gasteiger partial charge is 0.497 e. The van der Waals surface area contributed by atoms with Gasteiger partial charge in [0.25, 0.3) is 5.91 Å². The van der Waals surface area contributed by atoms with E-state index in [4.69, 9.17) is 14.2 Å². The van der Waals surface area contributed by atoms with Crippen LogP contribution < -0.4 is 14.8 Å². The lowest BCUT2D eigenvalue weighted by Gasteiger charge is -2.10. The van der Waals surface area contributed by atoms with Crippen molar-refractivity contribution in [2.75, 3.05) is 26.1 Å². The number of nitrogens with one attached hydrogen (secondary N) is 1. The zero-order valence-electron chi connectivity index (χ0n) is 13.2. The minimum atomic E-state index is -0.714. The number of methoxy groups -OCH3 is 2. The number of hydrogen-bond donors (Lipinski definition) is 1. The lowest BCUT2D eigenvalue weighted by molar-refractivity contribution is -0.119. The van der Waals surface area contributed by atoms with Gasteiger partial charge in [0.05, 0.1) is 19.8 Å². The van der Waals surface area contributed by atoms with Crippen LogP contribution in [0.2, 0.25) is 0 Å². The first-order valence-corrected chi connectivity index (χ1v) is 6.97. The van der Waals surface area contributed by atoms with Crippen LogP contribution in [0, 0.1) is 5.82 Å². The molecule has 0 aliphatic carbocycles. The molecule has 2 aromatic carbocycles. The number of carbonyl (C=O) groups is 2. The molecule has 0 spiro atoms. The van der Waals surface area contributed by atoms with E-state index in [0.717, 1.165) is 12.1 Å². The van der Waals surface area contributed by atoms with Crippen molar-refractivity contribution in [3.8, 4) is 11.5 Å². The topological polar surface area (TPSA) is 73.9 Å². The fourth-order valence-electron chi connectivity index (χ4n) is 1.88. The Bertz CT molecular complexity index is 708. The van der Waals surface area contributed by atoms with Crippen molar-refractivity contribution >= 4 is 17.6 Å². The maximum Gasteiger partial charge on any atom is 0.338 e. The number of anilines is 1. The van der Waals surface area contributed by atoms with Gasteiger partial charge < -0.3 is 19.5 Å². The molecule has 0 heterocycles. The summed E-state index contributed by atoms with van der Waals surface area (Å²) < 4.78 is 27.9. The fourth-order valence-corrected chi connectivity index (χ4v) is 1.88. The SMILES string of the molecule is COc1cc(NC(=O)COC(=O)c2ccc(F)cc2)cc(OC)c1. The van der Waals surface area contributed by atoms with Gasteiger partial charge in [-0.05, 0) is 24.3 Å². The van der Waals surface area contributed by atoms with Crippen LogP contribution >= 0.6 is 0 Å². The van der Waals surface area contributed by atoms with Crippen LogP contribution in [0.4, 0.5) is 10.1 Å². The summed E-state index contributed by atoms with van der Waals surface area (Å²) in [6, 6.07) is 9.69. The number of rotatable bonds is 6. The van der Waals surface area contributed by atoms with Crippen molar-refractivity contribution in [2.24, 2.45) is 0 Å². The van der Waals surface area contributed by atoms with Gasteiger partial charge in [-0.2, -0.15) is 0 Å². The lowest BCUT2D eigenvalue weighted by Crippen LogP contribution is -2.21. The second kappa shape index (κ2) is 7.96. The summed E-state index contributed by atoms with van der Waals surface area (Å²) in [5.74, 6) is -0.689. The molecule has 6 nitrogen and oxygen atoms in total. The first-order chi connectivity index (χ1) is 11.5. The second-order valence-corrected chi connectivity index (χ2v) is 4.73. The van der Waals surface area contributed by atoms with Crippen molar-refractivity contribution < 1.29 is 28.2 Å². The van der Waals surface area contributed by atoms with Gasteiger partial charge in [0.1, 0.15) is 17.3 Å². The van der Waals surface area contributed by atoms with Gasteiger partial charge in [0.15, 0.2) is 6.61 Å². The Balaban J connectivity index is 1.93. The Hall–Kier alpha value is -3.09. The van der Waals surface area contributed by atoms with E-state index in [0.29, 0.717) is 17.2 Å². The van der Waals surface area contributed by atoms with Crippen molar-refractivity contribution in [3.05, 3.63) is 53.8 Å². The number of esters is 1. The second-order valence-electron chi connectivity index (χ2n) is 4.73. The maximum atomic E-state index is 12.8. The molecular weight excluding hydrogens is 317 g/mol. The smallest absolute Gasteiger partial charge is 0.338 e. The first kappa shape index (κ1) is 17.3. The van der Waals surface area contributed by atoms with E-state index < -0.39 is 24.3 Å². The molecule has 2 rings (SSSR count). The number of benzene rings is 2. The van der Waals surface area contributed by atoms with Crippen LogP contribution in [-0.4, -0.2) is 32.7 Å². The van der Waals surface area contributed by atoms with Crippen LogP contribution in [0.15, 0.2) is 42.5 Å². The molecule has 7 heteroatoms. The molecule has 0 bridgehead atoms. The number of halogens is 1. The van der Waals surface area contributed by atoms with Crippen LogP contribution in [0.5, 0.6) is 11.5 Å². The molecular formula is C17H16FNO5. The molecule has 0 aliphatic heterocycles. The van der Waals surface area contributed by atoms with E-state index in [2.05, 4.69) is 5.32 Å². The highest BCUT2D eigenvalue weighted by molar-refractivity contribution is 5.95. The Morgan fingerprint density at radius 3 is 2.12 bits per heavy atom. The average molecular weight is 333 g/mol. The Morgan fingerprint density at radius 1 is 1.00 bits per heavy atom. The highest BCUT2D eigenvalue weighted by Crippen LogP contribution is 2.25. The summed E-state index contributed by atoms with van der Waals surface area (Å²) in [5, 5.41) is 2.57. The van der Waals surface area contributed by atoms with Gasteiger partial charge in [-0.1, -0.05) is 0 Å². The molecule has 0 fully saturated rings. The zero-order valence-corrected chi connectivity index (χ0v) is 13.2. The molecule has 0 aliphatic rings. The van der Waals surface area contributed by atoms with Crippen molar-refractivity contribution in [2.45, 2.75) is 0 Å². The van der Waals surface area contributed by atoms with Crippen LogP contribution in [0.25, 0.3) is 0 Å². The Morgan fingerprint density at radius 2 is 1.58 bits per heavy atom. The highest BCUT2D eigenvalue weighted by atomic mass is 19.1. The highest BCUT2D eigenvalue weighted by Gasteiger charge is 2.11. The van der Waals surface area contributed by atoms with Crippen molar-refractivity contribution in [1.82, 2.24) is 0 Å². The van der Waals surface area contributed by atoms with E-state index in [9.17, 15) is 14.0 Å². The molecule has 0 atom stereocenters. The third kappa shape index (κ3) is 4.70. The predicted octanol–water partition coefficient (Wildman–Crippen LogP) is 2.64. The number of hydrogen-bond acceptors (Lipinski definition) is 5. The maximum absolute atomic E-state index is 12.8. The van der Waals surface area contributed by atoms with E-state index in [1.165, 1.54) is 26.4 Å². The third-order valence-electron chi connectivity index (χ3n) is 3.05. The molecule has 0 saturated heterocycles. The van der Waals surface area contributed by atoms with Gasteiger partial charge in [0, 0.05) is 23.9 Å². The summed E-state index contributed by atoms with van der Waals surface area (Å²) >= 11 is 0. The van der Waals surface area contributed by atoms with Crippen molar-refractivity contribution in [1.29, 1.82) is 0 Å². The molecule has 2 aromatic rings. The van der Waals surface area contributed by atoms with E-state index in [1.54, 1.807) is 18.2 Å². The fraction of sp³-hybridized carbons (Fsp3) is 0.176. The molecule has 126 valence electrons. The minimum absolute atomic E-state index is 0.159. The molecule has 1 N–H and O–H groups in total. The van der Waals surface area contributed by atoms with Gasteiger partial charge in [-0.25, -0.2) is 9.18 Å². The Labute approximate surface area is 138 Å². The predicted molar refractivity (Wildman–Crippen MR) is 84.9 cm³/mol. The van der Waals surface area contributed by atoms with Crippen LogP contribution in [0.3, 0.4) is 0 Å². The van der Waals surface area contributed by atoms with Crippen LogP contribution in [0.1, 0.15) is 10.4 Å². The molecule has 0 unspecified atom stereocenters. The number of amides is 1. The summed E-state index contributed by atoms with van der Waals surface area (Å²) in [7, 11) is 2.98.